The van der Waals surface area contributed by atoms with Crippen molar-refractivity contribution in [3.05, 3.63) is 54.3 Å². The first-order valence-corrected chi connectivity index (χ1v) is 7.11. The molecular formula is C17H18FN3. The first kappa shape index (κ1) is 13.6. The maximum atomic E-state index is 13.0. The zero-order chi connectivity index (χ0) is 14.8. The Hall–Kier alpha value is -2.36. The van der Waals surface area contributed by atoms with Crippen LogP contribution in [0.5, 0.6) is 0 Å². The van der Waals surface area contributed by atoms with E-state index in [0.717, 1.165) is 29.2 Å². The number of benzene rings is 2. The molecular weight excluding hydrogens is 265 g/mol. The van der Waals surface area contributed by atoms with Gasteiger partial charge >= 0.3 is 0 Å². The van der Waals surface area contributed by atoms with Gasteiger partial charge in [0.1, 0.15) is 5.82 Å². The van der Waals surface area contributed by atoms with Gasteiger partial charge in [-0.3, -0.25) is 0 Å². The summed E-state index contributed by atoms with van der Waals surface area (Å²) in [7, 11) is 0. The Morgan fingerprint density at radius 1 is 1.10 bits per heavy atom. The highest BCUT2D eigenvalue weighted by Crippen LogP contribution is 2.24. The molecule has 0 atom stereocenters. The number of aromatic nitrogens is 2. The largest absolute Gasteiger partial charge is 0.326 e. The van der Waals surface area contributed by atoms with Crippen LogP contribution in [-0.4, -0.2) is 9.55 Å². The SMILES string of the molecule is CC(C)Cn1c(Nc2ccc(F)cc2)nc2ccccc21. The average Bonchev–Trinajstić information content (AvgIpc) is 2.79. The molecule has 0 unspecified atom stereocenters. The maximum Gasteiger partial charge on any atom is 0.208 e. The van der Waals surface area contributed by atoms with Crippen LogP contribution < -0.4 is 5.32 Å². The van der Waals surface area contributed by atoms with Crippen LogP contribution in [0.1, 0.15) is 13.8 Å². The van der Waals surface area contributed by atoms with Crippen LogP contribution in [0.2, 0.25) is 0 Å². The van der Waals surface area contributed by atoms with E-state index in [4.69, 9.17) is 0 Å². The fourth-order valence-corrected chi connectivity index (χ4v) is 2.38. The Morgan fingerprint density at radius 3 is 2.52 bits per heavy atom. The smallest absolute Gasteiger partial charge is 0.208 e. The van der Waals surface area contributed by atoms with Crippen LogP contribution in [0, 0.1) is 11.7 Å². The quantitative estimate of drug-likeness (QED) is 0.759. The van der Waals surface area contributed by atoms with Crippen LogP contribution in [0.3, 0.4) is 0 Å². The van der Waals surface area contributed by atoms with E-state index >= 15 is 0 Å². The Kier molecular flexibility index (Phi) is 3.60. The summed E-state index contributed by atoms with van der Waals surface area (Å²) in [6.07, 6.45) is 0. The van der Waals surface area contributed by atoms with Crippen molar-refractivity contribution in [1.82, 2.24) is 9.55 Å². The van der Waals surface area contributed by atoms with Gasteiger partial charge in [0.25, 0.3) is 0 Å². The van der Waals surface area contributed by atoms with E-state index in [1.54, 1.807) is 12.1 Å². The Balaban J connectivity index is 2.02. The van der Waals surface area contributed by atoms with Crippen molar-refractivity contribution >= 4 is 22.7 Å². The van der Waals surface area contributed by atoms with E-state index < -0.39 is 0 Å². The second kappa shape index (κ2) is 5.56. The van der Waals surface area contributed by atoms with Gasteiger partial charge in [-0.25, -0.2) is 9.37 Å². The monoisotopic (exact) mass is 283 g/mol. The third kappa shape index (κ3) is 2.89. The fraction of sp³-hybridized carbons (Fsp3) is 0.235. The van der Waals surface area contributed by atoms with Crippen molar-refractivity contribution in [3.8, 4) is 0 Å². The van der Waals surface area contributed by atoms with Crippen LogP contribution in [0.15, 0.2) is 48.5 Å². The number of fused-ring (bicyclic) bond motifs is 1. The van der Waals surface area contributed by atoms with Crippen molar-refractivity contribution in [3.63, 3.8) is 0 Å². The molecule has 3 aromatic rings. The predicted octanol–water partition coefficient (Wildman–Crippen LogP) is 4.58. The van der Waals surface area contributed by atoms with Gasteiger partial charge in [0, 0.05) is 12.2 Å². The minimum absolute atomic E-state index is 0.240. The summed E-state index contributed by atoms with van der Waals surface area (Å²) >= 11 is 0. The van der Waals surface area contributed by atoms with Crippen LogP contribution in [0.25, 0.3) is 11.0 Å². The van der Waals surface area contributed by atoms with Gasteiger partial charge in [-0.15, -0.1) is 0 Å². The number of rotatable bonds is 4. The van der Waals surface area contributed by atoms with E-state index in [-0.39, 0.29) is 5.82 Å². The van der Waals surface area contributed by atoms with Gasteiger partial charge < -0.3 is 9.88 Å². The van der Waals surface area contributed by atoms with E-state index in [2.05, 4.69) is 34.8 Å². The molecule has 1 N–H and O–H groups in total. The van der Waals surface area contributed by atoms with Crippen molar-refractivity contribution in [1.29, 1.82) is 0 Å². The van der Waals surface area contributed by atoms with E-state index in [1.165, 1.54) is 12.1 Å². The highest BCUT2D eigenvalue weighted by molar-refractivity contribution is 5.79. The number of nitrogens with one attached hydrogen (secondary N) is 1. The zero-order valence-corrected chi connectivity index (χ0v) is 12.2. The minimum atomic E-state index is -0.240. The number of hydrogen-bond donors (Lipinski definition) is 1. The molecule has 3 nitrogen and oxygen atoms in total. The summed E-state index contributed by atoms with van der Waals surface area (Å²) in [5.74, 6) is 1.06. The molecule has 0 fully saturated rings. The highest BCUT2D eigenvalue weighted by atomic mass is 19.1. The van der Waals surface area contributed by atoms with Gasteiger partial charge in [-0.2, -0.15) is 0 Å². The fourth-order valence-electron chi connectivity index (χ4n) is 2.38. The first-order valence-electron chi connectivity index (χ1n) is 7.11. The van der Waals surface area contributed by atoms with Gasteiger partial charge in [0.2, 0.25) is 5.95 Å². The molecule has 2 aromatic carbocycles. The molecule has 0 spiro atoms. The Labute approximate surface area is 123 Å². The van der Waals surface area contributed by atoms with E-state index in [1.807, 2.05) is 18.2 Å². The molecule has 1 aromatic heterocycles. The minimum Gasteiger partial charge on any atom is -0.326 e. The first-order chi connectivity index (χ1) is 10.1. The van der Waals surface area contributed by atoms with Gasteiger partial charge in [-0.05, 0) is 42.3 Å². The topological polar surface area (TPSA) is 29.9 Å². The summed E-state index contributed by atoms with van der Waals surface area (Å²) in [6, 6.07) is 14.4. The third-order valence-electron chi connectivity index (χ3n) is 3.30. The molecule has 1 heterocycles. The molecule has 0 aliphatic rings. The molecule has 4 heteroatoms. The number of imidazole rings is 1. The Bertz CT molecular complexity index is 744. The molecule has 3 rings (SSSR count). The second-order valence-corrected chi connectivity index (χ2v) is 5.56. The van der Waals surface area contributed by atoms with Gasteiger partial charge in [0.05, 0.1) is 11.0 Å². The lowest BCUT2D eigenvalue weighted by Crippen LogP contribution is -2.08. The number of anilines is 2. The Morgan fingerprint density at radius 2 is 1.81 bits per heavy atom. The van der Waals surface area contributed by atoms with Crippen molar-refractivity contribution < 1.29 is 4.39 Å². The molecule has 21 heavy (non-hydrogen) atoms. The van der Waals surface area contributed by atoms with Crippen LogP contribution >= 0.6 is 0 Å². The zero-order valence-electron chi connectivity index (χ0n) is 12.2. The molecule has 0 aliphatic heterocycles. The normalized spacial score (nSPS) is 11.2. The van der Waals surface area contributed by atoms with Crippen LogP contribution in [-0.2, 0) is 6.54 Å². The number of hydrogen-bond acceptors (Lipinski definition) is 2. The van der Waals surface area contributed by atoms with Crippen molar-refractivity contribution in [2.75, 3.05) is 5.32 Å². The van der Waals surface area contributed by atoms with E-state index in [0.29, 0.717) is 5.92 Å². The molecule has 0 aliphatic carbocycles. The second-order valence-electron chi connectivity index (χ2n) is 5.56. The molecule has 0 amide bonds. The number of para-hydroxylation sites is 2. The van der Waals surface area contributed by atoms with Crippen LogP contribution in [0.4, 0.5) is 16.0 Å². The molecule has 108 valence electrons. The molecule has 0 radical (unpaired) electrons. The molecule has 0 bridgehead atoms. The van der Waals surface area contributed by atoms with Crippen molar-refractivity contribution in [2.45, 2.75) is 20.4 Å². The molecule has 0 saturated heterocycles. The summed E-state index contributed by atoms with van der Waals surface area (Å²) in [5, 5.41) is 3.28. The third-order valence-corrected chi connectivity index (χ3v) is 3.30. The number of halogens is 1. The summed E-state index contributed by atoms with van der Waals surface area (Å²) < 4.78 is 15.2. The summed E-state index contributed by atoms with van der Waals surface area (Å²) in [4.78, 5) is 4.64. The molecule has 0 saturated carbocycles. The lowest BCUT2D eigenvalue weighted by molar-refractivity contribution is 0.537. The predicted molar refractivity (Wildman–Crippen MR) is 84.3 cm³/mol. The van der Waals surface area contributed by atoms with E-state index in [9.17, 15) is 4.39 Å². The summed E-state index contributed by atoms with van der Waals surface area (Å²) in [6.45, 7) is 5.23. The van der Waals surface area contributed by atoms with Gasteiger partial charge in [0.15, 0.2) is 0 Å². The highest BCUT2D eigenvalue weighted by Gasteiger charge is 2.11. The standard InChI is InChI=1S/C17H18FN3/c1-12(2)11-21-16-6-4-3-5-15(16)20-17(21)19-14-9-7-13(18)8-10-14/h3-10,12H,11H2,1-2H3,(H,19,20). The average molecular weight is 283 g/mol. The summed E-state index contributed by atoms with van der Waals surface area (Å²) in [5.41, 5.74) is 2.90. The lowest BCUT2D eigenvalue weighted by atomic mass is 10.2. The maximum absolute atomic E-state index is 13.0. The van der Waals surface area contributed by atoms with Crippen molar-refractivity contribution in [2.24, 2.45) is 5.92 Å². The van der Waals surface area contributed by atoms with Gasteiger partial charge in [-0.1, -0.05) is 26.0 Å². The number of nitrogens with zero attached hydrogens (tertiary/aromatic N) is 2. The lowest BCUT2D eigenvalue weighted by Gasteiger charge is -2.13.